The number of hydrogen-bond acceptors (Lipinski definition) is 3. The van der Waals surface area contributed by atoms with Crippen molar-refractivity contribution in [2.75, 3.05) is 26.7 Å². The summed E-state index contributed by atoms with van der Waals surface area (Å²) in [5.41, 5.74) is 2.12. The Morgan fingerprint density at radius 3 is 2.78 bits per heavy atom. The Labute approximate surface area is 160 Å². The second-order valence-corrected chi connectivity index (χ2v) is 6.77. The van der Waals surface area contributed by atoms with Crippen LogP contribution in [0.15, 0.2) is 41.5 Å². The second-order valence-electron chi connectivity index (χ2n) is 6.77. The van der Waals surface area contributed by atoms with Gasteiger partial charge in [-0.1, -0.05) is 30.3 Å². The topological polar surface area (TPSA) is 85.4 Å². The van der Waals surface area contributed by atoms with Crippen LogP contribution in [0, 0.1) is 5.92 Å². The van der Waals surface area contributed by atoms with E-state index in [-0.39, 0.29) is 11.8 Å². The SMILES string of the molecule is CCNC(=NCCNC(=O)C1CC1)N(C)Cc1ncc(-c2ccccc2)[nH]1. The first-order valence-electron chi connectivity index (χ1n) is 9.54. The van der Waals surface area contributed by atoms with E-state index in [1.807, 2.05) is 43.3 Å². The van der Waals surface area contributed by atoms with Crippen LogP contribution in [0.4, 0.5) is 0 Å². The number of H-pyrrole nitrogens is 1. The number of imidazole rings is 1. The number of amides is 1. The zero-order chi connectivity index (χ0) is 19.1. The first-order valence-corrected chi connectivity index (χ1v) is 9.54. The molecule has 1 amide bonds. The van der Waals surface area contributed by atoms with Crippen LogP contribution in [0.25, 0.3) is 11.3 Å². The molecule has 0 spiro atoms. The molecule has 144 valence electrons. The average Bonchev–Trinajstić information content (AvgIpc) is 3.44. The minimum atomic E-state index is 0.160. The largest absolute Gasteiger partial charge is 0.357 e. The Morgan fingerprint density at radius 1 is 1.30 bits per heavy atom. The van der Waals surface area contributed by atoms with E-state index in [0.29, 0.717) is 19.6 Å². The van der Waals surface area contributed by atoms with Crippen LogP contribution >= 0.6 is 0 Å². The number of rotatable bonds is 8. The Kier molecular flexibility index (Phi) is 6.46. The minimum Gasteiger partial charge on any atom is -0.357 e. The van der Waals surface area contributed by atoms with Crippen molar-refractivity contribution in [1.82, 2.24) is 25.5 Å². The van der Waals surface area contributed by atoms with Crippen molar-refractivity contribution in [2.24, 2.45) is 10.9 Å². The lowest BCUT2D eigenvalue weighted by Crippen LogP contribution is -2.39. The molecule has 1 saturated carbocycles. The van der Waals surface area contributed by atoms with Gasteiger partial charge in [0.15, 0.2) is 5.96 Å². The fraction of sp³-hybridized carbons (Fsp3) is 0.450. The first-order chi connectivity index (χ1) is 13.2. The van der Waals surface area contributed by atoms with Crippen molar-refractivity contribution in [3.8, 4) is 11.3 Å². The third-order valence-corrected chi connectivity index (χ3v) is 4.42. The van der Waals surface area contributed by atoms with Crippen molar-refractivity contribution in [3.63, 3.8) is 0 Å². The molecule has 7 nitrogen and oxygen atoms in total. The predicted octanol–water partition coefficient (Wildman–Crippen LogP) is 2.00. The number of aromatic amines is 1. The van der Waals surface area contributed by atoms with Gasteiger partial charge < -0.3 is 20.5 Å². The van der Waals surface area contributed by atoms with E-state index in [0.717, 1.165) is 42.4 Å². The highest BCUT2D eigenvalue weighted by Crippen LogP contribution is 2.28. The van der Waals surface area contributed by atoms with E-state index in [1.54, 1.807) is 0 Å². The Bertz CT molecular complexity index is 766. The van der Waals surface area contributed by atoms with Crippen molar-refractivity contribution in [2.45, 2.75) is 26.3 Å². The molecule has 7 heteroatoms. The highest BCUT2D eigenvalue weighted by atomic mass is 16.2. The summed E-state index contributed by atoms with van der Waals surface area (Å²) in [6.45, 7) is 4.56. The van der Waals surface area contributed by atoms with Gasteiger partial charge in [-0.15, -0.1) is 0 Å². The molecule has 0 radical (unpaired) electrons. The van der Waals surface area contributed by atoms with E-state index in [2.05, 4.69) is 37.7 Å². The molecule has 2 aromatic rings. The standard InChI is InChI=1S/C20H28N6O/c1-3-21-20(23-12-11-22-19(27)16-9-10-16)26(2)14-18-24-13-17(25-18)15-7-5-4-6-8-15/h4-8,13,16H,3,9-12,14H2,1-2H3,(H,21,23)(H,22,27)(H,24,25). The van der Waals surface area contributed by atoms with Crippen molar-refractivity contribution in [1.29, 1.82) is 0 Å². The van der Waals surface area contributed by atoms with Gasteiger partial charge in [0.2, 0.25) is 5.91 Å². The van der Waals surface area contributed by atoms with Gasteiger partial charge in [0.25, 0.3) is 0 Å². The monoisotopic (exact) mass is 368 g/mol. The van der Waals surface area contributed by atoms with Crippen molar-refractivity contribution >= 4 is 11.9 Å². The Morgan fingerprint density at radius 2 is 2.07 bits per heavy atom. The average molecular weight is 368 g/mol. The molecule has 27 heavy (non-hydrogen) atoms. The molecule has 1 fully saturated rings. The van der Waals surface area contributed by atoms with Crippen LogP contribution in [0.5, 0.6) is 0 Å². The van der Waals surface area contributed by atoms with Gasteiger partial charge in [0.1, 0.15) is 5.82 Å². The fourth-order valence-corrected chi connectivity index (χ4v) is 2.81. The zero-order valence-electron chi connectivity index (χ0n) is 16.0. The smallest absolute Gasteiger partial charge is 0.223 e. The number of hydrogen-bond donors (Lipinski definition) is 3. The lowest BCUT2D eigenvalue weighted by atomic mass is 10.2. The summed E-state index contributed by atoms with van der Waals surface area (Å²) >= 11 is 0. The van der Waals surface area contributed by atoms with E-state index in [4.69, 9.17) is 0 Å². The quantitative estimate of drug-likeness (QED) is 0.378. The summed E-state index contributed by atoms with van der Waals surface area (Å²) in [6.07, 6.45) is 3.90. The lowest BCUT2D eigenvalue weighted by molar-refractivity contribution is -0.122. The minimum absolute atomic E-state index is 0.160. The van der Waals surface area contributed by atoms with Crippen LogP contribution in [-0.4, -0.2) is 53.4 Å². The molecule has 1 heterocycles. The van der Waals surface area contributed by atoms with Crippen molar-refractivity contribution < 1.29 is 4.79 Å². The molecule has 1 aromatic carbocycles. The molecule has 1 aromatic heterocycles. The van der Waals surface area contributed by atoms with Crippen molar-refractivity contribution in [3.05, 3.63) is 42.4 Å². The number of guanidine groups is 1. The number of aromatic nitrogens is 2. The Hall–Kier alpha value is -2.83. The summed E-state index contributed by atoms with van der Waals surface area (Å²) in [7, 11) is 1.98. The molecular weight excluding hydrogens is 340 g/mol. The summed E-state index contributed by atoms with van der Waals surface area (Å²) in [6, 6.07) is 10.1. The Balaban J connectivity index is 1.54. The number of benzene rings is 1. The van der Waals surface area contributed by atoms with Crippen LogP contribution < -0.4 is 10.6 Å². The van der Waals surface area contributed by atoms with Gasteiger partial charge in [0.05, 0.1) is 25.0 Å². The second kappa shape index (κ2) is 9.21. The number of aliphatic imine (C=N–C) groups is 1. The molecule has 1 aliphatic carbocycles. The highest BCUT2D eigenvalue weighted by Gasteiger charge is 2.28. The molecule has 1 aliphatic rings. The molecule has 0 aliphatic heterocycles. The van der Waals surface area contributed by atoms with Gasteiger partial charge in [-0.25, -0.2) is 4.98 Å². The van der Waals surface area contributed by atoms with Crippen LogP contribution in [0.1, 0.15) is 25.6 Å². The molecule has 0 saturated heterocycles. The van der Waals surface area contributed by atoms with Gasteiger partial charge in [-0.3, -0.25) is 9.79 Å². The number of nitrogens with zero attached hydrogens (tertiary/aromatic N) is 3. The van der Waals surface area contributed by atoms with Gasteiger partial charge in [0, 0.05) is 26.1 Å². The summed E-state index contributed by atoms with van der Waals surface area (Å²) in [4.78, 5) is 26.2. The van der Waals surface area contributed by atoms with E-state index < -0.39 is 0 Å². The number of nitrogens with one attached hydrogen (secondary N) is 3. The summed E-state index contributed by atoms with van der Waals surface area (Å²) < 4.78 is 0. The molecule has 3 N–H and O–H groups in total. The molecule has 0 bridgehead atoms. The van der Waals surface area contributed by atoms with Gasteiger partial charge in [-0.2, -0.15) is 0 Å². The lowest BCUT2D eigenvalue weighted by Gasteiger charge is -2.21. The maximum Gasteiger partial charge on any atom is 0.223 e. The molecule has 0 atom stereocenters. The summed E-state index contributed by atoms with van der Waals surface area (Å²) in [5.74, 6) is 2.08. The number of carbonyl (C=O) groups excluding carboxylic acids is 1. The van der Waals surface area contributed by atoms with E-state index in [9.17, 15) is 4.79 Å². The highest BCUT2D eigenvalue weighted by molar-refractivity contribution is 5.81. The third-order valence-electron chi connectivity index (χ3n) is 4.42. The zero-order valence-corrected chi connectivity index (χ0v) is 16.0. The maximum atomic E-state index is 11.7. The summed E-state index contributed by atoms with van der Waals surface area (Å²) in [5, 5.41) is 6.23. The maximum absolute atomic E-state index is 11.7. The fourth-order valence-electron chi connectivity index (χ4n) is 2.81. The molecular formula is C20H28N6O. The van der Waals surface area contributed by atoms with E-state index in [1.165, 1.54) is 0 Å². The molecule has 3 rings (SSSR count). The number of carbonyl (C=O) groups is 1. The first kappa shape index (κ1) is 18.9. The van der Waals surface area contributed by atoms with E-state index >= 15 is 0 Å². The van der Waals surface area contributed by atoms with Crippen LogP contribution in [0.3, 0.4) is 0 Å². The molecule has 0 unspecified atom stereocenters. The third kappa shape index (κ3) is 5.57. The van der Waals surface area contributed by atoms with Gasteiger partial charge in [-0.05, 0) is 25.3 Å². The predicted molar refractivity (Wildman–Crippen MR) is 107 cm³/mol. The van der Waals surface area contributed by atoms with Crippen LogP contribution in [0.2, 0.25) is 0 Å². The normalized spacial score (nSPS) is 14.1. The van der Waals surface area contributed by atoms with Gasteiger partial charge >= 0.3 is 0 Å². The van der Waals surface area contributed by atoms with Crippen LogP contribution in [-0.2, 0) is 11.3 Å².